The number of rotatable bonds is 4. The van der Waals surface area contributed by atoms with Crippen molar-refractivity contribution in [1.82, 2.24) is 15.1 Å². The van der Waals surface area contributed by atoms with Gasteiger partial charge in [-0.25, -0.2) is 4.79 Å². The standard InChI is InChI=1S/C20H27N3O3/c1-2-20(16-11-7-6-8-12-16)18(25)23(19(26)21-20)15-17(24)22-13-9-4-3-5-10-14-22/h6-8,11-12H,2-5,9-10,13-15H2,1H3,(H,21,26). The van der Waals surface area contributed by atoms with E-state index in [-0.39, 0.29) is 18.4 Å². The van der Waals surface area contributed by atoms with Gasteiger partial charge in [-0.15, -0.1) is 0 Å². The highest BCUT2D eigenvalue weighted by Crippen LogP contribution is 2.32. The maximum absolute atomic E-state index is 13.1. The largest absolute Gasteiger partial charge is 0.341 e. The van der Waals surface area contributed by atoms with Gasteiger partial charge in [-0.2, -0.15) is 0 Å². The fourth-order valence-corrected chi connectivity index (χ4v) is 3.86. The molecule has 0 aromatic heterocycles. The molecule has 0 bridgehead atoms. The van der Waals surface area contributed by atoms with Gasteiger partial charge < -0.3 is 10.2 Å². The van der Waals surface area contributed by atoms with Crippen molar-refractivity contribution in [1.29, 1.82) is 0 Å². The second-order valence-electron chi connectivity index (χ2n) is 7.09. The monoisotopic (exact) mass is 357 g/mol. The highest BCUT2D eigenvalue weighted by molar-refractivity contribution is 6.09. The molecule has 6 nitrogen and oxygen atoms in total. The Bertz CT molecular complexity index is 668. The van der Waals surface area contributed by atoms with Gasteiger partial charge in [0, 0.05) is 13.1 Å². The molecule has 0 radical (unpaired) electrons. The van der Waals surface area contributed by atoms with Crippen molar-refractivity contribution < 1.29 is 14.4 Å². The lowest BCUT2D eigenvalue weighted by atomic mass is 9.87. The van der Waals surface area contributed by atoms with Crippen LogP contribution in [-0.2, 0) is 15.1 Å². The molecule has 1 atom stereocenters. The first-order valence-corrected chi connectivity index (χ1v) is 9.56. The fourth-order valence-electron chi connectivity index (χ4n) is 3.86. The number of imide groups is 1. The minimum atomic E-state index is -1.07. The average Bonchev–Trinajstić information content (AvgIpc) is 2.87. The van der Waals surface area contributed by atoms with Crippen molar-refractivity contribution in [2.75, 3.05) is 19.6 Å². The number of benzene rings is 1. The van der Waals surface area contributed by atoms with Crippen molar-refractivity contribution in [3.05, 3.63) is 35.9 Å². The summed E-state index contributed by atoms with van der Waals surface area (Å²) in [7, 11) is 0. The molecule has 2 saturated heterocycles. The van der Waals surface area contributed by atoms with Crippen LogP contribution in [0.25, 0.3) is 0 Å². The Hall–Kier alpha value is -2.37. The minimum absolute atomic E-state index is 0.143. The zero-order valence-electron chi connectivity index (χ0n) is 15.4. The summed E-state index contributed by atoms with van der Waals surface area (Å²) < 4.78 is 0. The van der Waals surface area contributed by atoms with Crippen LogP contribution in [0, 0.1) is 0 Å². The molecule has 0 aliphatic carbocycles. The molecule has 140 valence electrons. The molecule has 26 heavy (non-hydrogen) atoms. The van der Waals surface area contributed by atoms with Gasteiger partial charge >= 0.3 is 6.03 Å². The van der Waals surface area contributed by atoms with Gasteiger partial charge in [-0.3, -0.25) is 14.5 Å². The molecule has 1 aromatic carbocycles. The lowest BCUT2D eigenvalue weighted by molar-refractivity contribution is -0.139. The normalized spacial score (nSPS) is 24.2. The van der Waals surface area contributed by atoms with Crippen LogP contribution in [0.3, 0.4) is 0 Å². The maximum Gasteiger partial charge on any atom is 0.325 e. The van der Waals surface area contributed by atoms with Gasteiger partial charge in [0.05, 0.1) is 0 Å². The summed E-state index contributed by atoms with van der Waals surface area (Å²) >= 11 is 0. The van der Waals surface area contributed by atoms with E-state index in [0.29, 0.717) is 19.5 Å². The molecule has 0 saturated carbocycles. The molecule has 2 heterocycles. The van der Waals surface area contributed by atoms with Gasteiger partial charge in [-0.05, 0) is 24.8 Å². The number of nitrogens with zero attached hydrogens (tertiary/aromatic N) is 2. The van der Waals surface area contributed by atoms with Crippen LogP contribution in [0.1, 0.15) is 51.0 Å². The summed E-state index contributed by atoms with van der Waals surface area (Å²) in [5.74, 6) is -0.480. The SMILES string of the molecule is CCC1(c2ccccc2)NC(=O)N(CC(=O)N2CCCCCCC2)C1=O. The molecule has 3 rings (SSSR count). The molecular formula is C20H27N3O3. The molecular weight excluding hydrogens is 330 g/mol. The molecule has 2 fully saturated rings. The topological polar surface area (TPSA) is 69.7 Å². The average molecular weight is 357 g/mol. The molecule has 2 aliphatic rings. The molecule has 4 amide bonds. The van der Waals surface area contributed by atoms with E-state index < -0.39 is 11.6 Å². The molecule has 0 spiro atoms. The number of urea groups is 1. The molecule has 1 unspecified atom stereocenters. The number of nitrogens with one attached hydrogen (secondary N) is 1. The lowest BCUT2D eigenvalue weighted by Crippen LogP contribution is -2.46. The first-order valence-electron chi connectivity index (χ1n) is 9.56. The Labute approximate surface area is 154 Å². The Morgan fingerprint density at radius 2 is 1.65 bits per heavy atom. The number of hydrogen-bond donors (Lipinski definition) is 1. The summed E-state index contributed by atoms with van der Waals surface area (Å²) in [6.45, 7) is 3.11. The second kappa shape index (κ2) is 7.89. The first kappa shape index (κ1) is 18.4. The third-order valence-corrected chi connectivity index (χ3v) is 5.47. The van der Waals surface area contributed by atoms with Crippen LogP contribution in [0.4, 0.5) is 4.79 Å². The summed E-state index contributed by atoms with van der Waals surface area (Å²) in [5, 5.41) is 2.83. The predicted molar refractivity (Wildman–Crippen MR) is 98.3 cm³/mol. The Kier molecular flexibility index (Phi) is 5.59. The highest BCUT2D eigenvalue weighted by Gasteiger charge is 2.51. The van der Waals surface area contributed by atoms with Crippen LogP contribution in [-0.4, -0.2) is 47.3 Å². The van der Waals surface area contributed by atoms with Gasteiger partial charge in [-0.1, -0.05) is 56.5 Å². The molecule has 1 aromatic rings. The summed E-state index contributed by atoms with van der Waals surface area (Å²) in [4.78, 5) is 41.2. The van der Waals surface area contributed by atoms with Crippen LogP contribution in [0.2, 0.25) is 0 Å². The lowest BCUT2D eigenvalue weighted by Gasteiger charge is -2.27. The van der Waals surface area contributed by atoms with E-state index in [1.165, 1.54) is 6.42 Å². The maximum atomic E-state index is 13.1. The van der Waals surface area contributed by atoms with Gasteiger partial charge in [0.1, 0.15) is 12.1 Å². The first-order chi connectivity index (χ1) is 12.6. The van der Waals surface area contributed by atoms with E-state index in [9.17, 15) is 14.4 Å². The number of amides is 4. The van der Waals surface area contributed by atoms with Crippen LogP contribution in [0.15, 0.2) is 30.3 Å². The van der Waals surface area contributed by atoms with E-state index in [1.54, 1.807) is 4.90 Å². The highest BCUT2D eigenvalue weighted by atomic mass is 16.2. The van der Waals surface area contributed by atoms with Crippen LogP contribution < -0.4 is 5.32 Å². The van der Waals surface area contributed by atoms with E-state index in [0.717, 1.165) is 36.1 Å². The van der Waals surface area contributed by atoms with Crippen molar-refractivity contribution >= 4 is 17.8 Å². The van der Waals surface area contributed by atoms with Crippen molar-refractivity contribution in [2.45, 2.75) is 51.0 Å². The number of hydrogen-bond acceptors (Lipinski definition) is 3. The minimum Gasteiger partial charge on any atom is -0.341 e. The predicted octanol–water partition coefficient (Wildman–Crippen LogP) is 2.64. The quantitative estimate of drug-likeness (QED) is 0.842. The van der Waals surface area contributed by atoms with Crippen molar-refractivity contribution in [2.24, 2.45) is 0 Å². The van der Waals surface area contributed by atoms with Gasteiger partial charge in [0.15, 0.2) is 0 Å². The zero-order chi connectivity index (χ0) is 18.6. The summed E-state index contributed by atoms with van der Waals surface area (Å²) in [6.07, 6.45) is 5.87. The second-order valence-corrected chi connectivity index (χ2v) is 7.09. The zero-order valence-corrected chi connectivity index (χ0v) is 15.4. The van der Waals surface area contributed by atoms with Crippen molar-refractivity contribution in [3.63, 3.8) is 0 Å². The van der Waals surface area contributed by atoms with Crippen molar-refractivity contribution in [3.8, 4) is 0 Å². The Morgan fingerprint density at radius 1 is 1.04 bits per heavy atom. The van der Waals surface area contributed by atoms with Gasteiger partial charge in [0.2, 0.25) is 5.91 Å². The Balaban J connectivity index is 1.75. The van der Waals surface area contributed by atoms with E-state index in [4.69, 9.17) is 0 Å². The van der Waals surface area contributed by atoms with Crippen LogP contribution >= 0.6 is 0 Å². The third kappa shape index (κ3) is 3.45. The van der Waals surface area contributed by atoms with E-state index in [2.05, 4.69) is 5.32 Å². The number of carbonyl (C=O) groups excluding carboxylic acids is 3. The fraction of sp³-hybridized carbons (Fsp3) is 0.550. The van der Waals surface area contributed by atoms with E-state index >= 15 is 0 Å². The molecule has 1 N–H and O–H groups in total. The number of likely N-dealkylation sites (tertiary alicyclic amines) is 1. The van der Waals surface area contributed by atoms with E-state index in [1.807, 2.05) is 37.3 Å². The summed E-state index contributed by atoms with van der Waals surface area (Å²) in [5.41, 5.74) is -0.323. The Morgan fingerprint density at radius 3 is 2.27 bits per heavy atom. The third-order valence-electron chi connectivity index (χ3n) is 5.47. The number of carbonyl (C=O) groups is 3. The molecule has 6 heteroatoms. The smallest absolute Gasteiger partial charge is 0.325 e. The van der Waals surface area contributed by atoms with Crippen LogP contribution in [0.5, 0.6) is 0 Å². The molecule has 2 aliphatic heterocycles. The summed E-state index contributed by atoms with van der Waals surface area (Å²) in [6, 6.07) is 8.76. The van der Waals surface area contributed by atoms with Gasteiger partial charge in [0.25, 0.3) is 5.91 Å².